The minimum absolute atomic E-state index is 0.389. The molecule has 0 saturated heterocycles. The average molecular weight is 311 g/mol. The van der Waals surface area contributed by atoms with E-state index in [9.17, 15) is 0 Å². The summed E-state index contributed by atoms with van der Waals surface area (Å²) < 4.78 is 0. The Morgan fingerprint density at radius 2 is 2.00 bits per heavy atom. The fourth-order valence-electron chi connectivity index (χ4n) is 1.63. The molecule has 0 saturated carbocycles. The van der Waals surface area contributed by atoms with Gasteiger partial charge >= 0.3 is 0 Å². The maximum Gasteiger partial charge on any atom is 0.171 e. The number of anilines is 1. The summed E-state index contributed by atoms with van der Waals surface area (Å²) >= 11 is 13.4. The lowest BCUT2D eigenvalue weighted by molar-refractivity contribution is 1.13. The van der Waals surface area contributed by atoms with Crippen LogP contribution in [0.3, 0.4) is 0 Å². The van der Waals surface area contributed by atoms with Gasteiger partial charge in [0, 0.05) is 9.92 Å². The van der Waals surface area contributed by atoms with E-state index in [-0.39, 0.29) is 0 Å². The smallest absolute Gasteiger partial charge is 0.171 e. The molecule has 0 radical (unpaired) electrons. The highest BCUT2D eigenvalue weighted by molar-refractivity contribution is 7.99. The molecule has 0 aliphatic rings. The Bertz CT molecular complexity index is 757. The van der Waals surface area contributed by atoms with Gasteiger partial charge in [0.1, 0.15) is 10.5 Å². The van der Waals surface area contributed by atoms with Crippen LogP contribution < -0.4 is 5.73 Å². The van der Waals surface area contributed by atoms with Crippen molar-refractivity contribution in [1.82, 2.24) is 15.2 Å². The topological polar surface area (TPSA) is 67.6 Å². The molecule has 0 atom stereocenters. The molecule has 4 nitrogen and oxygen atoms in total. The molecule has 3 rings (SSSR count). The zero-order valence-corrected chi connectivity index (χ0v) is 11.9. The molecule has 7 heteroatoms. The fraction of sp³-hybridized carbons (Fsp3) is 0. The maximum absolute atomic E-state index is 6.13. The van der Waals surface area contributed by atoms with Gasteiger partial charge in [0.25, 0.3) is 0 Å². The molecular weight excluding hydrogens is 303 g/mol. The predicted octanol–water partition coefficient (Wildman–Crippen LogP) is 4.00. The molecule has 0 bridgehead atoms. The van der Waals surface area contributed by atoms with E-state index < -0.39 is 0 Å². The van der Waals surface area contributed by atoms with E-state index in [2.05, 4.69) is 15.2 Å². The number of nitrogens with zero attached hydrogens (tertiary/aromatic N) is 2. The number of rotatable bonds is 2. The lowest BCUT2D eigenvalue weighted by Gasteiger charge is -2.04. The Labute approximate surface area is 123 Å². The van der Waals surface area contributed by atoms with Crippen LogP contribution in [-0.2, 0) is 0 Å². The van der Waals surface area contributed by atoms with Crippen LogP contribution in [-0.4, -0.2) is 15.2 Å². The Kier molecular flexibility index (Phi) is 3.26. The molecule has 2 aromatic heterocycles. The first-order valence-corrected chi connectivity index (χ1v) is 6.94. The third kappa shape index (κ3) is 2.49. The number of aromatic amines is 1. The SMILES string of the molecule is Nc1n[nH]c2ccc(Sc3ccc(Cl)cc3Cl)nc12. The lowest BCUT2D eigenvalue weighted by Crippen LogP contribution is -1.87. The molecule has 2 heterocycles. The van der Waals surface area contributed by atoms with Gasteiger partial charge < -0.3 is 5.73 Å². The summed E-state index contributed by atoms with van der Waals surface area (Å²) in [4.78, 5) is 5.34. The molecule has 0 amide bonds. The van der Waals surface area contributed by atoms with E-state index in [1.807, 2.05) is 18.2 Å². The summed E-state index contributed by atoms with van der Waals surface area (Å²) in [6.45, 7) is 0. The number of pyridine rings is 1. The summed E-state index contributed by atoms with van der Waals surface area (Å²) in [6, 6.07) is 9.13. The van der Waals surface area contributed by atoms with E-state index in [0.717, 1.165) is 15.4 Å². The number of aromatic nitrogens is 3. The van der Waals surface area contributed by atoms with Crippen LogP contribution in [0, 0.1) is 0 Å². The number of fused-ring (bicyclic) bond motifs is 1. The standard InChI is InChI=1S/C12H8Cl2N4S/c13-6-1-3-9(7(14)5-6)19-10-4-2-8-11(16-10)12(15)18-17-8/h1-5H,(H3,15,17,18). The molecule has 3 N–H and O–H groups in total. The van der Waals surface area contributed by atoms with E-state index in [1.165, 1.54) is 11.8 Å². The third-order valence-electron chi connectivity index (χ3n) is 2.52. The summed E-state index contributed by atoms with van der Waals surface area (Å²) in [5.41, 5.74) is 7.20. The summed E-state index contributed by atoms with van der Waals surface area (Å²) in [7, 11) is 0. The van der Waals surface area contributed by atoms with Crippen molar-refractivity contribution in [2.24, 2.45) is 0 Å². The Hall–Kier alpha value is -1.43. The fourth-order valence-corrected chi connectivity index (χ4v) is 2.94. The second kappa shape index (κ2) is 4.92. The number of halogens is 2. The second-order valence-electron chi connectivity index (χ2n) is 3.83. The van der Waals surface area contributed by atoms with Crippen LogP contribution in [0.15, 0.2) is 40.3 Å². The zero-order valence-electron chi connectivity index (χ0n) is 9.52. The average Bonchev–Trinajstić information content (AvgIpc) is 2.75. The molecule has 96 valence electrons. The molecule has 3 aromatic rings. The van der Waals surface area contributed by atoms with Crippen molar-refractivity contribution in [3.05, 3.63) is 40.4 Å². The first-order valence-electron chi connectivity index (χ1n) is 5.37. The van der Waals surface area contributed by atoms with Gasteiger partial charge in [-0.15, -0.1) is 0 Å². The number of nitrogens with two attached hydrogens (primary N) is 1. The minimum atomic E-state index is 0.389. The van der Waals surface area contributed by atoms with E-state index >= 15 is 0 Å². The number of nitrogens with one attached hydrogen (secondary N) is 1. The number of hydrogen-bond acceptors (Lipinski definition) is 4. The summed E-state index contributed by atoms with van der Waals surface area (Å²) in [5.74, 6) is 0.389. The first kappa shape index (κ1) is 12.6. The molecule has 19 heavy (non-hydrogen) atoms. The second-order valence-corrected chi connectivity index (χ2v) is 5.74. The van der Waals surface area contributed by atoms with Crippen molar-refractivity contribution in [2.45, 2.75) is 9.92 Å². The Morgan fingerprint density at radius 1 is 1.16 bits per heavy atom. The van der Waals surface area contributed by atoms with Gasteiger partial charge in [0.15, 0.2) is 5.82 Å². The third-order valence-corrected chi connectivity index (χ3v) is 4.19. The maximum atomic E-state index is 6.13. The van der Waals surface area contributed by atoms with Gasteiger partial charge in [-0.3, -0.25) is 5.10 Å². The highest BCUT2D eigenvalue weighted by Gasteiger charge is 2.08. The predicted molar refractivity (Wildman–Crippen MR) is 78.9 cm³/mol. The summed E-state index contributed by atoms with van der Waals surface area (Å²) in [5, 5.41) is 8.72. The molecule has 0 unspecified atom stereocenters. The van der Waals surface area contributed by atoms with Crippen molar-refractivity contribution >= 4 is 51.8 Å². The number of nitrogen functional groups attached to an aromatic ring is 1. The molecule has 0 aliphatic carbocycles. The van der Waals surface area contributed by atoms with E-state index in [1.54, 1.807) is 12.1 Å². The highest BCUT2D eigenvalue weighted by atomic mass is 35.5. The van der Waals surface area contributed by atoms with Crippen LogP contribution in [0.1, 0.15) is 0 Å². The van der Waals surface area contributed by atoms with Gasteiger partial charge in [0.05, 0.1) is 10.5 Å². The first-order chi connectivity index (χ1) is 9.13. The van der Waals surface area contributed by atoms with Gasteiger partial charge in [-0.2, -0.15) is 5.10 Å². The Morgan fingerprint density at radius 3 is 2.79 bits per heavy atom. The molecule has 0 fully saturated rings. The van der Waals surface area contributed by atoms with Crippen LogP contribution in [0.25, 0.3) is 11.0 Å². The van der Waals surface area contributed by atoms with Crippen molar-refractivity contribution in [3.8, 4) is 0 Å². The van der Waals surface area contributed by atoms with Gasteiger partial charge in [-0.05, 0) is 30.3 Å². The quantitative estimate of drug-likeness (QED) is 0.750. The normalized spacial score (nSPS) is 11.1. The lowest BCUT2D eigenvalue weighted by atomic mass is 10.4. The zero-order chi connectivity index (χ0) is 13.4. The largest absolute Gasteiger partial charge is 0.380 e. The molecular formula is C12H8Cl2N4S. The highest BCUT2D eigenvalue weighted by Crippen LogP contribution is 2.34. The van der Waals surface area contributed by atoms with Crippen LogP contribution in [0.2, 0.25) is 10.0 Å². The van der Waals surface area contributed by atoms with Crippen molar-refractivity contribution in [2.75, 3.05) is 5.73 Å². The van der Waals surface area contributed by atoms with Gasteiger partial charge in [-0.25, -0.2) is 4.98 Å². The van der Waals surface area contributed by atoms with Gasteiger partial charge in [0.2, 0.25) is 0 Å². The van der Waals surface area contributed by atoms with Crippen LogP contribution in [0.5, 0.6) is 0 Å². The summed E-state index contributed by atoms with van der Waals surface area (Å²) in [6.07, 6.45) is 0. The van der Waals surface area contributed by atoms with Crippen molar-refractivity contribution in [1.29, 1.82) is 0 Å². The van der Waals surface area contributed by atoms with E-state index in [0.29, 0.717) is 21.4 Å². The molecule has 0 aliphatic heterocycles. The minimum Gasteiger partial charge on any atom is -0.380 e. The molecule has 1 aromatic carbocycles. The van der Waals surface area contributed by atoms with E-state index in [4.69, 9.17) is 28.9 Å². The number of benzene rings is 1. The van der Waals surface area contributed by atoms with Crippen molar-refractivity contribution < 1.29 is 0 Å². The Balaban J connectivity index is 1.98. The van der Waals surface area contributed by atoms with Crippen LogP contribution >= 0.6 is 35.0 Å². The monoisotopic (exact) mass is 310 g/mol. The van der Waals surface area contributed by atoms with Crippen LogP contribution in [0.4, 0.5) is 5.82 Å². The molecule has 0 spiro atoms. The number of hydrogen-bond donors (Lipinski definition) is 2. The number of H-pyrrole nitrogens is 1. The van der Waals surface area contributed by atoms with Gasteiger partial charge in [-0.1, -0.05) is 35.0 Å². The van der Waals surface area contributed by atoms with Crippen molar-refractivity contribution in [3.63, 3.8) is 0 Å².